The SMILES string of the molecule is CCc1nc(-c2cc(C)nc3ccccc23)nc(N)c1C. The minimum absolute atomic E-state index is 0.551. The Hall–Kier alpha value is -2.49. The lowest BCUT2D eigenvalue weighted by atomic mass is 10.1. The quantitative estimate of drug-likeness (QED) is 0.779. The number of aryl methyl sites for hydroxylation is 2. The van der Waals surface area contributed by atoms with Gasteiger partial charge in [-0.2, -0.15) is 0 Å². The third-order valence-electron chi connectivity index (χ3n) is 3.70. The van der Waals surface area contributed by atoms with Crippen LogP contribution in [-0.4, -0.2) is 15.0 Å². The molecule has 0 saturated heterocycles. The minimum atomic E-state index is 0.551. The van der Waals surface area contributed by atoms with E-state index >= 15 is 0 Å². The largest absolute Gasteiger partial charge is 0.383 e. The van der Waals surface area contributed by atoms with E-state index in [0.29, 0.717) is 11.6 Å². The van der Waals surface area contributed by atoms with Gasteiger partial charge in [0.2, 0.25) is 0 Å². The lowest BCUT2D eigenvalue weighted by Gasteiger charge is -2.11. The summed E-state index contributed by atoms with van der Waals surface area (Å²) in [5.41, 5.74) is 10.9. The number of hydrogen-bond acceptors (Lipinski definition) is 4. The summed E-state index contributed by atoms with van der Waals surface area (Å²) >= 11 is 0. The van der Waals surface area contributed by atoms with Gasteiger partial charge in [0, 0.05) is 27.9 Å². The summed E-state index contributed by atoms with van der Waals surface area (Å²) in [7, 11) is 0. The highest BCUT2D eigenvalue weighted by Gasteiger charge is 2.12. The van der Waals surface area contributed by atoms with E-state index in [1.165, 1.54) is 0 Å². The summed E-state index contributed by atoms with van der Waals surface area (Å²) in [5.74, 6) is 1.23. The zero-order chi connectivity index (χ0) is 15.0. The highest BCUT2D eigenvalue weighted by atomic mass is 15.0. The van der Waals surface area contributed by atoms with Gasteiger partial charge >= 0.3 is 0 Å². The summed E-state index contributed by atoms with van der Waals surface area (Å²) < 4.78 is 0. The molecule has 3 aromatic rings. The van der Waals surface area contributed by atoms with E-state index in [2.05, 4.69) is 16.9 Å². The first kappa shape index (κ1) is 13.5. The molecule has 4 heteroatoms. The monoisotopic (exact) mass is 278 g/mol. The van der Waals surface area contributed by atoms with Gasteiger partial charge in [-0.15, -0.1) is 0 Å². The predicted octanol–water partition coefficient (Wildman–Crippen LogP) is 3.45. The van der Waals surface area contributed by atoms with Gasteiger partial charge in [0.15, 0.2) is 5.82 Å². The second-order valence-corrected chi connectivity index (χ2v) is 5.19. The van der Waals surface area contributed by atoms with Gasteiger partial charge < -0.3 is 5.73 Å². The van der Waals surface area contributed by atoms with Crippen LogP contribution in [0.3, 0.4) is 0 Å². The third kappa shape index (κ3) is 2.33. The molecule has 0 saturated carbocycles. The third-order valence-corrected chi connectivity index (χ3v) is 3.70. The maximum Gasteiger partial charge on any atom is 0.162 e. The number of hydrogen-bond donors (Lipinski definition) is 1. The molecule has 0 amide bonds. The fourth-order valence-electron chi connectivity index (χ4n) is 2.54. The van der Waals surface area contributed by atoms with Gasteiger partial charge in [-0.1, -0.05) is 25.1 Å². The smallest absolute Gasteiger partial charge is 0.162 e. The van der Waals surface area contributed by atoms with E-state index in [0.717, 1.165) is 39.8 Å². The summed E-state index contributed by atoms with van der Waals surface area (Å²) in [5, 5.41) is 1.05. The fraction of sp³-hybridized carbons (Fsp3) is 0.235. The van der Waals surface area contributed by atoms with Crippen LogP contribution >= 0.6 is 0 Å². The number of rotatable bonds is 2. The van der Waals surface area contributed by atoms with Crippen LogP contribution in [0.15, 0.2) is 30.3 Å². The lowest BCUT2D eigenvalue weighted by molar-refractivity contribution is 0.982. The van der Waals surface area contributed by atoms with Crippen molar-refractivity contribution in [3.63, 3.8) is 0 Å². The molecule has 0 aliphatic carbocycles. The van der Waals surface area contributed by atoms with Crippen LogP contribution in [0.5, 0.6) is 0 Å². The Bertz CT molecular complexity index is 824. The fourth-order valence-corrected chi connectivity index (χ4v) is 2.54. The molecule has 21 heavy (non-hydrogen) atoms. The number of para-hydroxylation sites is 1. The maximum atomic E-state index is 6.05. The number of anilines is 1. The molecule has 2 heterocycles. The standard InChI is InChI=1S/C17H18N4/c1-4-14-11(3)16(18)21-17(20-14)13-9-10(2)19-15-8-6-5-7-12(13)15/h5-9H,4H2,1-3H3,(H2,18,20,21). The summed E-state index contributed by atoms with van der Waals surface area (Å²) in [4.78, 5) is 13.7. The minimum Gasteiger partial charge on any atom is -0.383 e. The second-order valence-electron chi connectivity index (χ2n) is 5.19. The molecular weight excluding hydrogens is 260 g/mol. The first-order valence-electron chi connectivity index (χ1n) is 7.10. The summed E-state index contributed by atoms with van der Waals surface area (Å²) in [6.45, 7) is 6.02. The van der Waals surface area contributed by atoms with E-state index in [1.54, 1.807) is 0 Å². The Labute approximate surface area is 124 Å². The molecule has 0 spiro atoms. The van der Waals surface area contributed by atoms with Gasteiger partial charge in [-0.05, 0) is 32.4 Å². The molecule has 106 valence electrons. The van der Waals surface area contributed by atoms with E-state index in [9.17, 15) is 0 Å². The Balaban J connectivity index is 2.32. The number of nitrogens with zero attached hydrogens (tertiary/aromatic N) is 3. The van der Waals surface area contributed by atoms with Crippen molar-refractivity contribution in [1.29, 1.82) is 0 Å². The zero-order valence-electron chi connectivity index (χ0n) is 12.5. The molecule has 4 nitrogen and oxygen atoms in total. The van der Waals surface area contributed by atoms with Crippen molar-refractivity contribution < 1.29 is 0 Å². The highest BCUT2D eigenvalue weighted by Crippen LogP contribution is 2.28. The molecule has 2 N–H and O–H groups in total. The van der Waals surface area contributed by atoms with Crippen molar-refractivity contribution in [2.24, 2.45) is 0 Å². The summed E-state index contributed by atoms with van der Waals surface area (Å²) in [6.07, 6.45) is 0.841. The molecule has 0 aliphatic rings. The number of benzene rings is 1. The number of pyridine rings is 1. The van der Waals surface area contributed by atoms with Gasteiger partial charge in [-0.3, -0.25) is 4.98 Å². The van der Waals surface area contributed by atoms with Crippen molar-refractivity contribution in [1.82, 2.24) is 15.0 Å². The van der Waals surface area contributed by atoms with Crippen LogP contribution < -0.4 is 5.73 Å². The van der Waals surface area contributed by atoms with Gasteiger partial charge in [0.25, 0.3) is 0 Å². The van der Waals surface area contributed by atoms with Gasteiger partial charge in [0.1, 0.15) is 5.82 Å². The zero-order valence-corrected chi connectivity index (χ0v) is 12.5. The normalized spacial score (nSPS) is 11.0. The average Bonchev–Trinajstić information content (AvgIpc) is 2.49. The molecule has 3 rings (SSSR count). The first-order chi connectivity index (χ1) is 10.1. The molecule has 0 bridgehead atoms. The van der Waals surface area contributed by atoms with Crippen molar-refractivity contribution in [2.75, 3.05) is 5.73 Å². The molecule has 0 unspecified atom stereocenters. The molecule has 1 aromatic carbocycles. The summed E-state index contributed by atoms with van der Waals surface area (Å²) in [6, 6.07) is 10.1. The second kappa shape index (κ2) is 5.13. The first-order valence-corrected chi connectivity index (χ1v) is 7.10. The number of nitrogen functional groups attached to an aromatic ring is 1. The highest BCUT2D eigenvalue weighted by molar-refractivity contribution is 5.93. The van der Waals surface area contributed by atoms with Crippen LogP contribution in [0.4, 0.5) is 5.82 Å². The molecule has 0 radical (unpaired) electrons. The average molecular weight is 278 g/mol. The number of aromatic nitrogens is 3. The lowest BCUT2D eigenvalue weighted by Crippen LogP contribution is -2.04. The number of fused-ring (bicyclic) bond motifs is 1. The van der Waals surface area contributed by atoms with Crippen LogP contribution in [0.1, 0.15) is 23.9 Å². The van der Waals surface area contributed by atoms with Crippen molar-refractivity contribution in [2.45, 2.75) is 27.2 Å². The molecular formula is C17H18N4. The van der Waals surface area contributed by atoms with Crippen LogP contribution in [0.25, 0.3) is 22.3 Å². The van der Waals surface area contributed by atoms with Gasteiger partial charge in [-0.25, -0.2) is 9.97 Å². The predicted molar refractivity (Wildman–Crippen MR) is 86.0 cm³/mol. The van der Waals surface area contributed by atoms with Crippen LogP contribution in [-0.2, 0) is 6.42 Å². The van der Waals surface area contributed by atoms with Gasteiger partial charge in [0.05, 0.1) is 5.52 Å². The Morgan fingerprint density at radius 2 is 1.81 bits per heavy atom. The molecule has 0 aliphatic heterocycles. The van der Waals surface area contributed by atoms with Crippen molar-refractivity contribution in [3.05, 3.63) is 47.3 Å². The molecule has 0 fully saturated rings. The molecule has 0 atom stereocenters. The van der Waals surface area contributed by atoms with Crippen LogP contribution in [0, 0.1) is 13.8 Å². The Kier molecular flexibility index (Phi) is 3.29. The Morgan fingerprint density at radius 3 is 2.57 bits per heavy atom. The van der Waals surface area contributed by atoms with E-state index < -0.39 is 0 Å². The Morgan fingerprint density at radius 1 is 1.05 bits per heavy atom. The van der Waals surface area contributed by atoms with E-state index in [-0.39, 0.29) is 0 Å². The molecule has 2 aromatic heterocycles. The van der Waals surface area contributed by atoms with Crippen molar-refractivity contribution in [3.8, 4) is 11.4 Å². The van der Waals surface area contributed by atoms with E-state index in [4.69, 9.17) is 10.7 Å². The van der Waals surface area contributed by atoms with Crippen LogP contribution in [0.2, 0.25) is 0 Å². The number of nitrogens with two attached hydrogens (primary N) is 1. The van der Waals surface area contributed by atoms with E-state index in [1.807, 2.05) is 44.2 Å². The van der Waals surface area contributed by atoms with Crippen molar-refractivity contribution >= 4 is 16.7 Å². The maximum absolute atomic E-state index is 6.05. The topological polar surface area (TPSA) is 64.7 Å².